The van der Waals surface area contributed by atoms with E-state index in [-0.39, 0.29) is 52.5 Å². The molecule has 0 aliphatic heterocycles. The van der Waals surface area contributed by atoms with Gasteiger partial charge in [0.05, 0.1) is 17.9 Å². The number of hydrogen-bond donors (Lipinski definition) is 3. The molecule has 0 aromatic carbocycles. The van der Waals surface area contributed by atoms with Gasteiger partial charge in [-0.1, -0.05) is 47.6 Å². The number of amides is 1. The first-order valence-corrected chi connectivity index (χ1v) is 15.6. The summed E-state index contributed by atoms with van der Waals surface area (Å²) >= 11 is 1.43. The van der Waals surface area contributed by atoms with Crippen LogP contribution in [0.3, 0.4) is 0 Å². The summed E-state index contributed by atoms with van der Waals surface area (Å²) in [6.45, 7) is 20.7. The van der Waals surface area contributed by atoms with Crippen molar-refractivity contribution in [3.8, 4) is 0 Å². The fourth-order valence-corrected chi connectivity index (χ4v) is 8.47. The number of aliphatic hydroxyl groups is 1. The average Bonchev–Trinajstić information content (AvgIpc) is 3.24. The number of aliphatic hydroxyl groups excluding tert-OH is 1. The van der Waals surface area contributed by atoms with Crippen molar-refractivity contribution in [2.45, 2.75) is 110 Å². The third kappa shape index (κ3) is 5.85. The third-order valence-electron chi connectivity index (χ3n) is 10.9. The lowest BCUT2D eigenvalue weighted by atomic mass is 9.44. The molecule has 39 heavy (non-hydrogen) atoms. The molecule has 9 atom stereocenters. The van der Waals surface area contributed by atoms with E-state index in [1.165, 1.54) is 11.8 Å². The molecule has 3 aliphatic carbocycles. The second-order valence-corrected chi connectivity index (χ2v) is 15.8. The zero-order valence-corrected chi connectivity index (χ0v) is 26.2. The van der Waals surface area contributed by atoms with E-state index in [1.54, 1.807) is 0 Å². The second-order valence-electron chi connectivity index (χ2n) is 14.1. The van der Waals surface area contributed by atoms with E-state index in [2.05, 4.69) is 32.7 Å². The number of thioether (sulfide) groups is 1. The number of rotatable bonds is 9. The van der Waals surface area contributed by atoms with E-state index < -0.39 is 33.8 Å². The van der Waals surface area contributed by atoms with Crippen LogP contribution in [0.15, 0.2) is 12.7 Å². The zero-order valence-electron chi connectivity index (χ0n) is 25.3. The molecule has 3 fully saturated rings. The number of hydrogen-bond acceptors (Lipinski definition) is 7. The molecular formula is C31H52N2O5S. The maximum absolute atomic E-state index is 13.5. The highest BCUT2D eigenvalue weighted by atomic mass is 32.2. The van der Waals surface area contributed by atoms with Crippen molar-refractivity contribution in [1.29, 1.82) is 0 Å². The van der Waals surface area contributed by atoms with Gasteiger partial charge in [-0.05, 0) is 62.7 Å². The number of Topliss-reactive ketones (excluding diaryl/α,β-unsaturated/α-hetero) is 1. The minimum Gasteiger partial charge on any atom is -0.461 e. The lowest BCUT2D eigenvalue weighted by Crippen LogP contribution is -2.63. The molecule has 0 radical (unpaired) electrons. The van der Waals surface area contributed by atoms with E-state index >= 15 is 0 Å². The number of ketones is 1. The zero-order chi connectivity index (χ0) is 29.6. The number of esters is 1. The maximum atomic E-state index is 13.5. The largest absolute Gasteiger partial charge is 0.461 e. The van der Waals surface area contributed by atoms with Crippen LogP contribution in [-0.4, -0.2) is 58.1 Å². The van der Waals surface area contributed by atoms with Crippen molar-refractivity contribution in [1.82, 2.24) is 5.32 Å². The monoisotopic (exact) mass is 564 g/mol. The standard InChI is InChI=1S/C31H52N2O5S/c1-10-29(8)15-22(38-23(35)16-39-28(6,7)17-33-27(37)24(32)18(2)3)30(9)19(4)11-13-31(20(5)26(29)36)14-12-21(34)25(30)31/h10,18-20,22,24-26,36H,1,11-17,32H2,2-9H3,(H,33,37)/t19-,20+,22-,24+,25+,26+,29-,30+,31+/m1/s1. The van der Waals surface area contributed by atoms with E-state index in [1.807, 2.05) is 40.7 Å². The molecule has 8 heteroatoms. The predicted molar refractivity (Wildman–Crippen MR) is 157 cm³/mol. The Balaban J connectivity index is 1.82. The fraction of sp³-hybridized carbons (Fsp3) is 0.839. The SMILES string of the molecule is C=C[C@]1(C)C[C@@H](OC(=O)CSC(C)(C)CNC(=O)[C@@H](N)C(C)C)[C@]2(C)[C@H](C)CC[C@]3(CCC(=O)[C@H]32)[C@@H](C)[C@@H]1O. The molecular weight excluding hydrogens is 512 g/mol. The Morgan fingerprint density at radius 3 is 2.51 bits per heavy atom. The Bertz CT molecular complexity index is 969. The van der Waals surface area contributed by atoms with Crippen molar-refractivity contribution in [2.24, 2.45) is 45.7 Å². The topological polar surface area (TPSA) is 119 Å². The molecule has 7 nitrogen and oxygen atoms in total. The van der Waals surface area contributed by atoms with Gasteiger partial charge in [0.25, 0.3) is 0 Å². The Kier molecular flexibility index (Phi) is 9.46. The molecule has 3 aliphatic rings. The molecule has 0 heterocycles. The quantitative estimate of drug-likeness (QED) is 0.279. The van der Waals surface area contributed by atoms with E-state index in [0.717, 1.165) is 19.3 Å². The summed E-state index contributed by atoms with van der Waals surface area (Å²) in [5.74, 6) is -0.243. The fourth-order valence-electron chi connectivity index (χ4n) is 7.72. The summed E-state index contributed by atoms with van der Waals surface area (Å²) in [5, 5.41) is 14.6. The van der Waals surface area contributed by atoms with Crippen molar-refractivity contribution in [3.05, 3.63) is 12.7 Å². The summed E-state index contributed by atoms with van der Waals surface area (Å²) in [5.41, 5.74) is 4.49. The molecule has 2 bridgehead atoms. The van der Waals surface area contributed by atoms with E-state index in [0.29, 0.717) is 19.4 Å². The predicted octanol–water partition coefficient (Wildman–Crippen LogP) is 4.50. The van der Waals surface area contributed by atoms with Gasteiger partial charge in [-0.2, -0.15) is 0 Å². The Morgan fingerprint density at radius 2 is 1.92 bits per heavy atom. The molecule has 4 N–H and O–H groups in total. The van der Waals surface area contributed by atoms with Gasteiger partial charge in [0.2, 0.25) is 5.91 Å². The number of carbonyl (C=O) groups is 3. The van der Waals surface area contributed by atoms with Gasteiger partial charge < -0.3 is 20.9 Å². The highest BCUT2D eigenvalue weighted by Gasteiger charge is 2.68. The Labute approximate surface area is 239 Å². The van der Waals surface area contributed by atoms with Gasteiger partial charge in [-0.25, -0.2) is 0 Å². The lowest BCUT2D eigenvalue weighted by molar-refractivity contribution is -0.205. The highest BCUT2D eigenvalue weighted by molar-refractivity contribution is 8.01. The highest BCUT2D eigenvalue weighted by Crippen LogP contribution is 2.68. The third-order valence-corrected chi connectivity index (χ3v) is 12.2. The number of nitrogens with two attached hydrogens (primary N) is 1. The van der Waals surface area contributed by atoms with Crippen LogP contribution in [0.4, 0.5) is 0 Å². The Morgan fingerprint density at radius 1 is 1.28 bits per heavy atom. The minimum atomic E-state index is -0.684. The first kappa shape index (κ1) is 32.1. The summed E-state index contributed by atoms with van der Waals surface area (Å²) in [6.07, 6.45) is 4.17. The molecule has 3 saturated carbocycles. The Hall–Kier alpha value is -1.38. The smallest absolute Gasteiger partial charge is 0.316 e. The molecule has 0 aromatic rings. The summed E-state index contributed by atoms with van der Waals surface area (Å²) in [4.78, 5) is 39.2. The number of nitrogens with one attached hydrogen (secondary N) is 1. The first-order chi connectivity index (χ1) is 17.9. The molecule has 0 unspecified atom stereocenters. The molecule has 0 saturated heterocycles. The van der Waals surface area contributed by atoms with Crippen LogP contribution in [0.5, 0.6) is 0 Å². The van der Waals surface area contributed by atoms with Crippen LogP contribution in [0, 0.1) is 39.9 Å². The normalized spacial score (nSPS) is 39.4. The van der Waals surface area contributed by atoms with Crippen LogP contribution in [-0.2, 0) is 19.1 Å². The van der Waals surface area contributed by atoms with Crippen molar-refractivity contribution in [3.63, 3.8) is 0 Å². The minimum absolute atomic E-state index is 0.0382. The van der Waals surface area contributed by atoms with Gasteiger partial charge in [0, 0.05) is 34.5 Å². The maximum Gasteiger partial charge on any atom is 0.316 e. The van der Waals surface area contributed by atoms with Crippen LogP contribution in [0.1, 0.15) is 87.5 Å². The number of ether oxygens (including phenoxy) is 1. The van der Waals surface area contributed by atoms with E-state index in [9.17, 15) is 19.5 Å². The molecule has 1 amide bonds. The van der Waals surface area contributed by atoms with Crippen LogP contribution in [0.25, 0.3) is 0 Å². The van der Waals surface area contributed by atoms with Gasteiger partial charge in [0.15, 0.2) is 0 Å². The molecule has 0 spiro atoms. The molecule has 0 aromatic heterocycles. The van der Waals surface area contributed by atoms with Crippen molar-refractivity contribution < 1.29 is 24.2 Å². The average molecular weight is 565 g/mol. The van der Waals surface area contributed by atoms with Crippen LogP contribution >= 0.6 is 11.8 Å². The second kappa shape index (κ2) is 11.5. The van der Waals surface area contributed by atoms with Crippen molar-refractivity contribution in [2.75, 3.05) is 12.3 Å². The van der Waals surface area contributed by atoms with Crippen LogP contribution < -0.4 is 11.1 Å². The van der Waals surface area contributed by atoms with E-state index in [4.69, 9.17) is 10.5 Å². The van der Waals surface area contributed by atoms with Gasteiger partial charge in [-0.3, -0.25) is 14.4 Å². The lowest BCUT2D eigenvalue weighted by Gasteiger charge is -2.61. The summed E-state index contributed by atoms with van der Waals surface area (Å²) in [7, 11) is 0. The van der Waals surface area contributed by atoms with Crippen LogP contribution in [0.2, 0.25) is 0 Å². The first-order valence-electron chi connectivity index (χ1n) is 14.7. The molecule has 3 rings (SSSR count). The molecule has 222 valence electrons. The van der Waals surface area contributed by atoms with Gasteiger partial charge >= 0.3 is 5.97 Å². The summed E-state index contributed by atoms with van der Waals surface area (Å²) < 4.78 is 5.92. The summed E-state index contributed by atoms with van der Waals surface area (Å²) in [6, 6.07) is -0.573. The van der Waals surface area contributed by atoms with Gasteiger partial charge in [0.1, 0.15) is 11.9 Å². The van der Waals surface area contributed by atoms with Gasteiger partial charge in [-0.15, -0.1) is 18.3 Å². The number of carbonyl (C=O) groups excluding carboxylic acids is 3. The van der Waals surface area contributed by atoms with Crippen molar-refractivity contribution >= 4 is 29.4 Å².